The van der Waals surface area contributed by atoms with E-state index in [0.717, 1.165) is 16.8 Å². The predicted molar refractivity (Wildman–Crippen MR) is 124 cm³/mol. The molecule has 0 unspecified atom stereocenters. The fourth-order valence-electron chi connectivity index (χ4n) is 3.35. The van der Waals surface area contributed by atoms with E-state index in [1.807, 2.05) is 72.8 Å². The summed E-state index contributed by atoms with van der Waals surface area (Å²) < 4.78 is 6.01. The highest BCUT2D eigenvalue weighted by molar-refractivity contribution is 7.80. The summed E-state index contributed by atoms with van der Waals surface area (Å²) in [5.74, 6) is 0.427. The lowest BCUT2D eigenvalue weighted by Crippen LogP contribution is -2.30. The summed E-state index contributed by atoms with van der Waals surface area (Å²) in [5.41, 5.74) is 3.32. The number of carbonyl (C=O) groups excluding carboxylic acids is 1. The highest BCUT2D eigenvalue weighted by Crippen LogP contribution is 2.30. The quantitative estimate of drug-likeness (QED) is 0.436. The zero-order chi connectivity index (χ0) is 21.8. The molecule has 6 heteroatoms. The van der Waals surface area contributed by atoms with Crippen LogP contribution in [0.1, 0.15) is 16.7 Å². The summed E-state index contributed by atoms with van der Waals surface area (Å²) >= 11 is 5.52. The van der Waals surface area contributed by atoms with E-state index in [1.54, 1.807) is 24.1 Å². The zero-order valence-electron chi connectivity index (χ0n) is 16.9. The molecule has 1 amide bonds. The number of carbonyl (C=O) groups is 1. The molecule has 3 aromatic rings. The van der Waals surface area contributed by atoms with Crippen LogP contribution in [0.15, 0.2) is 84.6 Å². The number of nitrogens with zero attached hydrogens (tertiary/aromatic N) is 3. The zero-order valence-corrected chi connectivity index (χ0v) is 17.7. The van der Waals surface area contributed by atoms with Crippen molar-refractivity contribution < 1.29 is 9.53 Å². The molecule has 1 saturated heterocycles. The van der Waals surface area contributed by atoms with Crippen LogP contribution in [0, 0.1) is 11.3 Å². The van der Waals surface area contributed by atoms with Gasteiger partial charge in [-0.1, -0.05) is 54.6 Å². The van der Waals surface area contributed by atoms with Crippen LogP contribution >= 0.6 is 12.2 Å². The Kier molecular flexibility index (Phi) is 5.78. The van der Waals surface area contributed by atoms with E-state index in [9.17, 15) is 10.1 Å². The van der Waals surface area contributed by atoms with Crippen LogP contribution in [0.5, 0.6) is 5.75 Å². The van der Waals surface area contributed by atoms with Crippen molar-refractivity contribution in [3.05, 3.63) is 101 Å². The van der Waals surface area contributed by atoms with Crippen LogP contribution in [0.4, 0.5) is 5.69 Å². The van der Waals surface area contributed by atoms with Crippen molar-refractivity contribution in [2.45, 2.75) is 6.61 Å². The first-order valence-corrected chi connectivity index (χ1v) is 10.1. The third-order valence-electron chi connectivity index (χ3n) is 5.01. The summed E-state index contributed by atoms with van der Waals surface area (Å²) in [4.78, 5) is 16.4. The molecule has 5 nitrogen and oxygen atoms in total. The third kappa shape index (κ3) is 4.04. The van der Waals surface area contributed by atoms with E-state index in [2.05, 4.69) is 6.07 Å². The average molecular weight is 426 g/mol. The van der Waals surface area contributed by atoms with Crippen molar-refractivity contribution >= 4 is 35.0 Å². The van der Waals surface area contributed by atoms with Crippen molar-refractivity contribution in [2.75, 3.05) is 11.9 Å². The molecule has 0 spiro atoms. The lowest BCUT2D eigenvalue weighted by molar-refractivity contribution is -0.114. The number of rotatable bonds is 5. The van der Waals surface area contributed by atoms with Gasteiger partial charge in [-0.25, -0.2) is 0 Å². The number of hydrogen-bond acceptors (Lipinski definition) is 4. The molecule has 1 fully saturated rings. The van der Waals surface area contributed by atoms with Crippen molar-refractivity contribution in [2.24, 2.45) is 0 Å². The van der Waals surface area contributed by atoms with Crippen molar-refractivity contribution in [1.82, 2.24) is 4.90 Å². The van der Waals surface area contributed by atoms with Crippen molar-refractivity contribution in [3.63, 3.8) is 0 Å². The molecule has 0 aliphatic carbocycles. The molecule has 0 atom stereocenters. The smallest absolute Gasteiger partial charge is 0.281 e. The molecular weight excluding hydrogens is 406 g/mol. The minimum absolute atomic E-state index is 0.191. The molecule has 1 aliphatic rings. The van der Waals surface area contributed by atoms with Crippen LogP contribution in [-0.4, -0.2) is 23.0 Å². The summed E-state index contributed by atoms with van der Waals surface area (Å²) in [6, 6.07) is 26.3. The number of nitriles is 1. The number of amides is 1. The number of thiocarbonyl (C=S) groups is 1. The van der Waals surface area contributed by atoms with E-state index < -0.39 is 0 Å². The number of hydrogen-bond donors (Lipinski definition) is 0. The van der Waals surface area contributed by atoms with E-state index in [-0.39, 0.29) is 12.5 Å². The van der Waals surface area contributed by atoms with Gasteiger partial charge in [0.05, 0.1) is 17.3 Å². The highest BCUT2D eigenvalue weighted by atomic mass is 32.1. The molecule has 0 bridgehead atoms. The molecule has 31 heavy (non-hydrogen) atoms. The second-order valence-electron chi connectivity index (χ2n) is 6.94. The normalized spacial score (nSPS) is 14.8. The second kappa shape index (κ2) is 8.82. The van der Waals surface area contributed by atoms with Crippen LogP contribution in [0.25, 0.3) is 6.08 Å². The second-order valence-corrected chi connectivity index (χ2v) is 7.31. The topological polar surface area (TPSA) is 56.6 Å². The van der Waals surface area contributed by atoms with Gasteiger partial charge in [-0.3, -0.25) is 9.69 Å². The molecule has 0 N–H and O–H groups in total. The van der Waals surface area contributed by atoms with Crippen LogP contribution in [-0.2, 0) is 11.4 Å². The Hall–Kier alpha value is -3.95. The molecule has 4 rings (SSSR count). The van der Waals surface area contributed by atoms with E-state index in [0.29, 0.717) is 22.1 Å². The van der Waals surface area contributed by atoms with Gasteiger partial charge in [0, 0.05) is 18.2 Å². The Morgan fingerprint density at radius 1 is 1.00 bits per heavy atom. The van der Waals surface area contributed by atoms with Gasteiger partial charge >= 0.3 is 0 Å². The minimum atomic E-state index is -0.191. The van der Waals surface area contributed by atoms with Gasteiger partial charge in [0.1, 0.15) is 18.1 Å². The van der Waals surface area contributed by atoms with Crippen LogP contribution in [0.2, 0.25) is 0 Å². The van der Waals surface area contributed by atoms with Crippen LogP contribution < -0.4 is 9.64 Å². The number of likely N-dealkylation sites (N-methyl/N-ethyl adjacent to an activating group) is 1. The Morgan fingerprint density at radius 2 is 1.68 bits per heavy atom. The number of benzene rings is 3. The van der Waals surface area contributed by atoms with Gasteiger partial charge in [-0.05, 0) is 42.6 Å². The predicted octanol–water partition coefficient (Wildman–Crippen LogP) is 4.74. The Balaban J connectivity index is 1.63. The standard InChI is InChI=1S/C25H19N3O2S/c1-27-22(24(29)28(25(27)31)21-12-3-2-4-13-21)15-18-9-7-8-14-23(18)30-17-20-11-6-5-10-19(20)16-26/h2-15H,17H2,1H3/b22-15-. The Bertz CT molecular complexity index is 1210. The van der Waals surface area contributed by atoms with Crippen molar-refractivity contribution in [3.8, 4) is 11.8 Å². The average Bonchev–Trinajstić information content (AvgIpc) is 3.02. The van der Waals surface area contributed by atoms with Crippen LogP contribution in [0.3, 0.4) is 0 Å². The highest BCUT2D eigenvalue weighted by Gasteiger charge is 2.36. The van der Waals surface area contributed by atoms with E-state index >= 15 is 0 Å². The van der Waals surface area contributed by atoms with E-state index in [4.69, 9.17) is 17.0 Å². The largest absolute Gasteiger partial charge is 0.488 e. The number of para-hydroxylation sites is 2. The molecule has 0 saturated carbocycles. The van der Waals surface area contributed by atoms with Gasteiger partial charge in [0.2, 0.25) is 0 Å². The maximum absolute atomic E-state index is 13.2. The molecular formula is C25H19N3O2S. The maximum atomic E-state index is 13.2. The number of anilines is 1. The first kappa shape index (κ1) is 20.3. The molecule has 1 aliphatic heterocycles. The van der Waals surface area contributed by atoms with Gasteiger partial charge in [0.15, 0.2) is 5.11 Å². The monoisotopic (exact) mass is 425 g/mol. The van der Waals surface area contributed by atoms with Gasteiger partial charge in [0.25, 0.3) is 5.91 Å². The summed E-state index contributed by atoms with van der Waals surface area (Å²) in [5, 5.41) is 9.71. The van der Waals surface area contributed by atoms with Crippen molar-refractivity contribution in [1.29, 1.82) is 5.26 Å². The molecule has 3 aromatic carbocycles. The minimum Gasteiger partial charge on any atom is -0.488 e. The first-order valence-electron chi connectivity index (χ1n) is 9.69. The maximum Gasteiger partial charge on any atom is 0.281 e. The van der Waals surface area contributed by atoms with Gasteiger partial charge in [-0.15, -0.1) is 0 Å². The molecule has 152 valence electrons. The lowest BCUT2D eigenvalue weighted by atomic mass is 10.1. The summed E-state index contributed by atoms with van der Waals surface area (Å²) in [6.45, 7) is 0.252. The molecule has 0 radical (unpaired) electrons. The molecule has 0 aromatic heterocycles. The van der Waals surface area contributed by atoms with E-state index in [1.165, 1.54) is 4.90 Å². The fourth-order valence-corrected chi connectivity index (χ4v) is 3.64. The van der Waals surface area contributed by atoms with Gasteiger partial charge in [-0.2, -0.15) is 5.26 Å². The molecule has 1 heterocycles. The van der Waals surface area contributed by atoms with Gasteiger partial charge < -0.3 is 9.64 Å². The third-order valence-corrected chi connectivity index (χ3v) is 5.46. The Labute approximate surface area is 186 Å². The Morgan fingerprint density at radius 3 is 2.45 bits per heavy atom. The summed E-state index contributed by atoms with van der Waals surface area (Å²) in [6.07, 6.45) is 1.78. The lowest BCUT2D eigenvalue weighted by Gasteiger charge is -2.16. The SMILES string of the molecule is CN1C(=S)N(c2ccccc2)C(=O)/C1=C/c1ccccc1OCc1ccccc1C#N. The fraction of sp³-hybridized carbons (Fsp3) is 0.0800. The number of ether oxygens (including phenoxy) is 1. The summed E-state index contributed by atoms with van der Waals surface area (Å²) in [7, 11) is 1.78. The first-order chi connectivity index (χ1) is 15.1.